The molecule has 134 valence electrons. The van der Waals surface area contributed by atoms with Crippen molar-refractivity contribution in [1.82, 2.24) is 20.1 Å². The number of hydrogen-bond acceptors (Lipinski definition) is 3. The van der Waals surface area contributed by atoms with E-state index in [0.29, 0.717) is 5.92 Å². The van der Waals surface area contributed by atoms with Crippen LogP contribution in [0.5, 0.6) is 0 Å². The monoisotopic (exact) mass is 340 g/mol. The van der Waals surface area contributed by atoms with E-state index in [1.807, 2.05) is 11.9 Å². The molecule has 4 rings (SSSR count). The molecule has 0 spiro atoms. The van der Waals surface area contributed by atoms with Gasteiger partial charge in [-0.1, -0.05) is 6.07 Å². The van der Waals surface area contributed by atoms with Gasteiger partial charge in [-0.25, -0.2) is 0 Å². The summed E-state index contributed by atoms with van der Waals surface area (Å²) in [7, 11) is 2.01. The number of piperidine rings is 1. The Labute approximate surface area is 149 Å². The SMILES string of the molecule is Cn1c(C(=O)N2CCCNCC2)cc2cc(C3CCNCC3)ccc21. The highest BCUT2D eigenvalue weighted by Gasteiger charge is 2.22. The topological polar surface area (TPSA) is 49.3 Å². The second-order valence-corrected chi connectivity index (χ2v) is 7.33. The minimum absolute atomic E-state index is 0.158. The minimum atomic E-state index is 0.158. The van der Waals surface area contributed by atoms with Crippen molar-refractivity contribution in [1.29, 1.82) is 0 Å². The van der Waals surface area contributed by atoms with Gasteiger partial charge in [0.05, 0.1) is 0 Å². The van der Waals surface area contributed by atoms with Crippen LogP contribution < -0.4 is 10.6 Å². The van der Waals surface area contributed by atoms with E-state index in [-0.39, 0.29) is 5.91 Å². The Morgan fingerprint density at radius 3 is 2.68 bits per heavy atom. The lowest BCUT2D eigenvalue weighted by atomic mass is 9.90. The van der Waals surface area contributed by atoms with Crippen molar-refractivity contribution in [3.63, 3.8) is 0 Å². The second-order valence-electron chi connectivity index (χ2n) is 7.33. The maximum atomic E-state index is 13.0. The molecule has 1 amide bonds. The second kappa shape index (κ2) is 7.18. The molecule has 1 aromatic heterocycles. The van der Waals surface area contributed by atoms with Crippen LogP contribution in [0.3, 0.4) is 0 Å². The number of nitrogens with one attached hydrogen (secondary N) is 2. The van der Waals surface area contributed by atoms with E-state index >= 15 is 0 Å². The summed E-state index contributed by atoms with van der Waals surface area (Å²) in [6.45, 7) is 5.72. The molecule has 0 aliphatic carbocycles. The highest BCUT2D eigenvalue weighted by Crippen LogP contribution is 2.29. The van der Waals surface area contributed by atoms with Crippen LogP contribution in [0.4, 0.5) is 0 Å². The molecule has 0 atom stereocenters. The molecule has 0 unspecified atom stereocenters. The van der Waals surface area contributed by atoms with Gasteiger partial charge >= 0.3 is 0 Å². The molecule has 1 aromatic carbocycles. The van der Waals surface area contributed by atoms with Crippen molar-refractivity contribution in [3.05, 3.63) is 35.5 Å². The number of rotatable bonds is 2. The molecule has 2 aliphatic heterocycles. The normalized spacial score (nSPS) is 20.0. The number of amides is 1. The van der Waals surface area contributed by atoms with Crippen LogP contribution in [0.2, 0.25) is 0 Å². The summed E-state index contributed by atoms with van der Waals surface area (Å²) in [5.41, 5.74) is 3.37. The molecular weight excluding hydrogens is 312 g/mol. The number of carbonyl (C=O) groups is 1. The first-order valence-corrected chi connectivity index (χ1v) is 9.54. The standard InChI is InChI=1S/C20H28N4O/c1-23-18-4-3-16(15-5-8-22-9-6-15)13-17(18)14-19(23)20(25)24-11-2-7-21-10-12-24/h3-4,13-15,21-22H,2,5-12H2,1H3. The molecule has 25 heavy (non-hydrogen) atoms. The minimum Gasteiger partial charge on any atom is -0.340 e. The van der Waals surface area contributed by atoms with Gasteiger partial charge in [0.1, 0.15) is 5.69 Å². The zero-order valence-electron chi connectivity index (χ0n) is 15.1. The third kappa shape index (κ3) is 3.31. The summed E-state index contributed by atoms with van der Waals surface area (Å²) in [6, 6.07) is 8.82. The Kier molecular flexibility index (Phi) is 4.77. The molecule has 2 saturated heterocycles. The lowest BCUT2D eigenvalue weighted by Crippen LogP contribution is -2.35. The van der Waals surface area contributed by atoms with Gasteiger partial charge in [-0.3, -0.25) is 4.79 Å². The van der Waals surface area contributed by atoms with Gasteiger partial charge < -0.3 is 20.1 Å². The van der Waals surface area contributed by atoms with E-state index in [9.17, 15) is 4.79 Å². The average Bonchev–Trinajstić information content (AvgIpc) is 2.83. The summed E-state index contributed by atoms with van der Waals surface area (Å²) >= 11 is 0. The smallest absolute Gasteiger partial charge is 0.270 e. The van der Waals surface area contributed by atoms with Crippen molar-refractivity contribution < 1.29 is 4.79 Å². The zero-order chi connectivity index (χ0) is 17.2. The molecule has 0 radical (unpaired) electrons. The van der Waals surface area contributed by atoms with Crippen LogP contribution in [0, 0.1) is 0 Å². The number of benzene rings is 1. The van der Waals surface area contributed by atoms with Gasteiger partial charge in [-0.2, -0.15) is 0 Å². The van der Waals surface area contributed by atoms with Crippen LogP contribution in [0.25, 0.3) is 10.9 Å². The molecule has 5 heteroatoms. The Morgan fingerprint density at radius 1 is 1.04 bits per heavy atom. The molecule has 3 heterocycles. The highest BCUT2D eigenvalue weighted by atomic mass is 16.2. The first-order valence-electron chi connectivity index (χ1n) is 9.54. The predicted octanol–water partition coefficient (Wildman–Crippen LogP) is 2.08. The fourth-order valence-corrected chi connectivity index (χ4v) is 4.19. The van der Waals surface area contributed by atoms with Crippen LogP contribution in [-0.2, 0) is 7.05 Å². The van der Waals surface area contributed by atoms with Crippen molar-refractivity contribution in [2.45, 2.75) is 25.2 Å². The van der Waals surface area contributed by atoms with Crippen molar-refractivity contribution in [2.75, 3.05) is 39.3 Å². The van der Waals surface area contributed by atoms with E-state index in [1.165, 1.54) is 23.8 Å². The summed E-state index contributed by atoms with van der Waals surface area (Å²) in [5.74, 6) is 0.799. The average molecular weight is 340 g/mol. The van der Waals surface area contributed by atoms with Gasteiger partial charge in [0.2, 0.25) is 0 Å². The van der Waals surface area contributed by atoms with Gasteiger partial charge in [0.15, 0.2) is 0 Å². The van der Waals surface area contributed by atoms with Gasteiger partial charge in [-0.15, -0.1) is 0 Å². The third-order valence-electron chi connectivity index (χ3n) is 5.72. The number of aromatic nitrogens is 1. The van der Waals surface area contributed by atoms with E-state index < -0.39 is 0 Å². The van der Waals surface area contributed by atoms with E-state index in [0.717, 1.165) is 56.9 Å². The molecule has 2 aromatic rings. The van der Waals surface area contributed by atoms with E-state index in [1.54, 1.807) is 0 Å². The molecule has 2 N–H and O–H groups in total. The molecule has 0 saturated carbocycles. The zero-order valence-corrected chi connectivity index (χ0v) is 15.1. The molecule has 5 nitrogen and oxygen atoms in total. The quantitative estimate of drug-likeness (QED) is 0.880. The van der Waals surface area contributed by atoms with Gasteiger partial charge in [-0.05, 0) is 68.6 Å². The first kappa shape index (κ1) is 16.6. The van der Waals surface area contributed by atoms with Crippen LogP contribution >= 0.6 is 0 Å². The third-order valence-corrected chi connectivity index (χ3v) is 5.72. The summed E-state index contributed by atoms with van der Waals surface area (Å²) in [5, 5.41) is 7.98. The fourth-order valence-electron chi connectivity index (χ4n) is 4.19. The fraction of sp³-hybridized carbons (Fsp3) is 0.550. The number of carbonyl (C=O) groups excluding carboxylic acids is 1. The number of hydrogen-bond donors (Lipinski definition) is 2. The highest BCUT2D eigenvalue weighted by molar-refractivity contribution is 5.99. The van der Waals surface area contributed by atoms with Crippen LogP contribution in [0.15, 0.2) is 24.3 Å². The Hall–Kier alpha value is -1.85. The summed E-state index contributed by atoms with van der Waals surface area (Å²) < 4.78 is 2.06. The van der Waals surface area contributed by atoms with E-state index in [4.69, 9.17) is 0 Å². The Morgan fingerprint density at radius 2 is 1.84 bits per heavy atom. The van der Waals surface area contributed by atoms with Crippen molar-refractivity contribution in [2.24, 2.45) is 7.05 Å². The predicted molar refractivity (Wildman–Crippen MR) is 101 cm³/mol. The maximum absolute atomic E-state index is 13.0. The van der Waals surface area contributed by atoms with Crippen molar-refractivity contribution >= 4 is 16.8 Å². The van der Waals surface area contributed by atoms with Crippen molar-refractivity contribution in [3.8, 4) is 0 Å². The van der Waals surface area contributed by atoms with E-state index in [2.05, 4.69) is 39.5 Å². The molecular formula is C20H28N4O. The Bertz CT molecular complexity index is 752. The maximum Gasteiger partial charge on any atom is 0.270 e. The lowest BCUT2D eigenvalue weighted by Gasteiger charge is -2.23. The van der Waals surface area contributed by atoms with Crippen LogP contribution in [0.1, 0.15) is 41.2 Å². The summed E-state index contributed by atoms with van der Waals surface area (Å²) in [6.07, 6.45) is 3.42. The first-order chi connectivity index (χ1) is 12.2. The van der Waals surface area contributed by atoms with Gasteiger partial charge in [0.25, 0.3) is 5.91 Å². The van der Waals surface area contributed by atoms with Gasteiger partial charge in [0, 0.05) is 37.6 Å². The number of aryl methyl sites for hydroxylation is 1. The molecule has 2 fully saturated rings. The summed E-state index contributed by atoms with van der Waals surface area (Å²) in [4.78, 5) is 15.0. The molecule has 2 aliphatic rings. The number of nitrogens with zero attached hydrogens (tertiary/aromatic N) is 2. The molecule has 0 bridgehead atoms. The largest absolute Gasteiger partial charge is 0.340 e. The lowest BCUT2D eigenvalue weighted by molar-refractivity contribution is 0.0757. The van der Waals surface area contributed by atoms with Crippen LogP contribution in [-0.4, -0.2) is 54.6 Å². The number of fused-ring (bicyclic) bond motifs is 1. The Balaban J connectivity index is 1.63.